The van der Waals surface area contributed by atoms with Crippen LogP contribution in [0.1, 0.15) is 26.7 Å². The van der Waals surface area contributed by atoms with Gasteiger partial charge in [-0.15, -0.1) is 0 Å². The van der Waals surface area contributed by atoms with Crippen molar-refractivity contribution in [3.8, 4) is 17.0 Å². The maximum Gasteiger partial charge on any atom is 0.229 e. The van der Waals surface area contributed by atoms with E-state index in [1.807, 2.05) is 37.1 Å². The molecule has 0 unspecified atom stereocenters. The molecule has 0 amide bonds. The van der Waals surface area contributed by atoms with Gasteiger partial charge in [0.2, 0.25) is 5.95 Å². The predicted molar refractivity (Wildman–Crippen MR) is 142 cm³/mol. The van der Waals surface area contributed by atoms with Crippen molar-refractivity contribution < 1.29 is 13.5 Å². The fourth-order valence-corrected chi connectivity index (χ4v) is 5.01. The van der Waals surface area contributed by atoms with Crippen molar-refractivity contribution in [3.05, 3.63) is 48.3 Å². The molecule has 8 nitrogen and oxygen atoms in total. The van der Waals surface area contributed by atoms with Crippen molar-refractivity contribution in [1.82, 2.24) is 19.9 Å². The number of hydrogen-bond acceptors (Lipinski definition) is 8. The van der Waals surface area contributed by atoms with Gasteiger partial charge in [-0.05, 0) is 65.0 Å². The summed E-state index contributed by atoms with van der Waals surface area (Å²) in [6, 6.07) is 7.59. The second-order valence-electron chi connectivity index (χ2n) is 10.0. The molecule has 0 spiro atoms. The van der Waals surface area contributed by atoms with Crippen LogP contribution >= 0.6 is 0 Å². The Balaban J connectivity index is 1.35. The van der Waals surface area contributed by atoms with Crippen LogP contribution in [0.15, 0.2) is 36.7 Å². The average molecular weight is 510 g/mol. The Morgan fingerprint density at radius 3 is 2.49 bits per heavy atom. The number of aromatic nitrogens is 3. The highest BCUT2D eigenvalue weighted by atomic mass is 19.1. The van der Waals surface area contributed by atoms with Gasteiger partial charge in [-0.3, -0.25) is 0 Å². The zero-order valence-electron chi connectivity index (χ0n) is 21.7. The van der Waals surface area contributed by atoms with E-state index in [1.54, 1.807) is 6.07 Å². The summed E-state index contributed by atoms with van der Waals surface area (Å²) in [5.74, 6) is -0.273. The van der Waals surface area contributed by atoms with Crippen LogP contribution in [0.25, 0.3) is 11.3 Å². The summed E-state index contributed by atoms with van der Waals surface area (Å²) >= 11 is 0. The summed E-state index contributed by atoms with van der Waals surface area (Å²) in [5, 5.41) is 3.04. The molecule has 0 saturated carbocycles. The van der Waals surface area contributed by atoms with Crippen LogP contribution in [0, 0.1) is 11.6 Å². The molecular weight excluding hydrogens is 476 g/mol. The zero-order chi connectivity index (χ0) is 26.1. The number of ether oxygens (including phenoxy) is 1. The van der Waals surface area contributed by atoms with Gasteiger partial charge in [0.1, 0.15) is 18.1 Å². The Hall–Kier alpha value is -3.53. The second kappa shape index (κ2) is 10.5. The highest BCUT2D eigenvalue weighted by molar-refractivity contribution is 5.73. The number of nitrogens with zero attached hydrogens (tertiary/aromatic N) is 6. The first-order valence-electron chi connectivity index (χ1n) is 12.7. The summed E-state index contributed by atoms with van der Waals surface area (Å²) < 4.78 is 35.3. The van der Waals surface area contributed by atoms with Gasteiger partial charge < -0.3 is 24.8 Å². The van der Waals surface area contributed by atoms with Gasteiger partial charge in [0, 0.05) is 30.7 Å². The molecule has 0 atom stereocenters. The molecule has 0 bridgehead atoms. The van der Waals surface area contributed by atoms with Crippen molar-refractivity contribution in [2.75, 3.05) is 55.5 Å². The molecule has 1 N–H and O–H groups in total. The molecule has 37 heavy (non-hydrogen) atoms. The van der Waals surface area contributed by atoms with E-state index in [9.17, 15) is 8.78 Å². The monoisotopic (exact) mass is 509 g/mol. The van der Waals surface area contributed by atoms with Crippen LogP contribution in [-0.4, -0.2) is 72.3 Å². The van der Waals surface area contributed by atoms with Gasteiger partial charge in [-0.25, -0.2) is 23.7 Å². The number of nitrogens with one attached hydrogen (secondary N) is 1. The van der Waals surface area contributed by atoms with E-state index < -0.39 is 11.6 Å². The first-order chi connectivity index (χ1) is 17.8. The standard InChI is InChI=1S/C27H33F2N7O/c1-17(2)36-11-12-37-26-21(28)13-18(14-23(26)36)25-22(29)16-31-27(33-25)32-24-6-5-20(15-30-24)35-9-7-19(8-10-35)34(3)4/h5-6,13-17,19H,7-12H2,1-4H3,(H,30,31,32,33). The zero-order valence-corrected chi connectivity index (χ0v) is 21.7. The molecule has 0 aliphatic carbocycles. The summed E-state index contributed by atoms with van der Waals surface area (Å²) in [7, 11) is 4.25. The Labute approximate surface area is 216 Å². The minimum absolute atomic E-state index is 0.00821. The maximum absolute atomic E-state index is 14.9. The van der Waals surface area contributed by atoms with Crippen molar-refractivity contribution in [1.29, 1.82) is 0 Å². The summed E-state index contributed by atoms with van der Waals surface area (Å²) in [5.41, 5.74) is 1.98. The van der Waals surface area contributed by atoms with Gasteiger partial charge in [0.05, 0.1) is 30.3 Å². The molecule has 1 aromatic carbocycles. The van der Waals surface area contributed by atoms with E-state index in [4.69, 9.17) is 4.74 Å². The summed E-state index contributed by atoms with van der Waals surface area (Å²) in [4.78, 5) is 19.6. The summed E-state index contributed by atoms with van der Waals surface area (Å²) in [6.07, 6.45) is 5.14. The first-order valence-corrected chi connectivity index (χ1v) is 12.7. The van der Waals surface area contributed by atoms with Crippen molar-refractivity contribution in [2.24, 2.45) is 0 Å². The molecule has 2 aliphatic heterocycles. The average Bonchev–Trinajstić information content (AvgIpc) is 2.90. The largest absolute Gasteiger partial charge is 0.486 e. The lowest BCUT2D eigenvalue weighted by molar-refractivity contribution is 0.249. The lowest BCUT2D eigenvalue weighted by Crippen LogP contribution is -2.42. The minimum Gasteiger partial charge on any atom is -0.486 e. The highest BCUT2D eigenvalue weighted by Crippen LogP contribution is 2.39. The predicted octanol–water partition coefficient (Wildman–Crippen LogP) is 4.70. The minimum atomic E-state index is -0.637. The number of hydrogen-bond donors (Lipinski definition) is 1. The number of rotatable bonds is 6. The molecule has 2 aliphatic rings. The van der Waals surface area contributed by atoms with E-state index in [1.165, 1.54) is 6.07 Å². The third kappa shape index (κ3) is 5.29. The third-order valence-corrected chi connectivity index (χ3v) is 7.10. The van der Waals surface area contributed by atoms with Crippen molar-refractivity contribution >= 4 is 23.1 Å². The first kappa shape index (κ1) is 25.1. The van der Waals surface area contributed by atoms with Gasteiger partial charge in [-0.1, -0.05) is 0 Å². The molecule has 1 saturated heterocycles. The van der Waals surface area contributed by atoms with Gasteiger partial charge in [-0.2, -0.15) is 0 Å². The maximum atomic E-state index is 14.9. The van der Waals surface area contributed by atoms with E-state index >= 15 is 0 Å². The quantitative estimate of drug-likeness (QED) is 0.513. The van der Waals surface area contributed by atoms with Crippen LogP contribution in [0.5, 0.6) is 5.75 Å². The number of benzene rings is 1. The summed E-state index contributed by atoms with van der Waals surface area (Å²) in [6.45, 7) is 7.05. The number of pyridine rings is 1. The number of fused-ring (bicyclic) bond motifs is 1. The Morgan fingerprint density at radius 2 is 1.81 bits per heavy atom. The number of anilines is 4. The highest BCUT2D eigenvalue weighted by Gasteiger charge is 2.26. The number of halogens is 2. The van der Waals surface area contributed by atoms with Crippen LogP contribution < -0.4 is 19.9 Å². The molecule has 1 fully saturated rings. The second-order valence-corrected chi connectivity index (χ2v) is 10.0. The lowest BCUT2D eigenvalue weighted by atomic mass is 10.0. The topological polar surface area (TPSA) is 69.7 Å². The van der Waals surface area contributed by atoms with Gasteiger partial charge >= 0.3 is 0 Å². The third-order valence-electron chi connectivity index (χ3n) is 7.10. The Bertz CT molecular complexity index is 1240. The van der Waals surface area contributed by atoms with E-state index in [2.05, 4.69) is 44.2 Å². The SMILES string of the molecule is CC(C)N1CCOc2c(F)cc(-c3nc(Nc4ccc(N5CCC(N(C)C)CC5)cn4)ncc3F)cc21. The Kier molecular flexibility index (Phi) is 7.10. The molecule has 2 aromatic heterocycles. The molecule has 4 heterocycles. The van der Waals surface area contributed by atoms with Crippen LogP contribution in [0.3, 0.4) is 0 Å². The van der Waals surface area contributed by atoms with Crippen LogP contribution in [-0.2, 0) is 0 Å². The molecule has 10 heteroatoms. The van der Waals surface area contributed by atoms with Crippen LogP contribution in [0.4, 0.5) is 31.9 Å². The lowest BCUT2D eigenvalue weighted by Gasteiger charge is -2.36. The Morgan fingerprint density at radius 1 is 1.03 bits per heavy atom. The molecule has 3 aromatic rings. The van der Waals surface area contributed by atoms with Gasteiger partial charge in [0.15, 0.2) is 17.4 Å². The smallest absolute Gasteiger partial charge is 0.229 e. The molecule has 0 radical (unpaired) electrons. The molecule has 196 valence electrons. The number of piperidine rings is 1. The fraction of sp³-hybridized carbons (Fsp3) is 0.444. The molecule has 5 rings (SSSR count). The molecular formula is C27H33F2N7O. The normalized spacial score (nSPS) is 16.2. The van der Waals surface area contributed by atoms with E-state index in [0.29, 0.717) is 36.3 Å². The van der Waals surface area contributed by atoms with Crippen molar-refractivity contribution in [2.45, 2.75) is 38.8 Å². The van der Waals surface area contributed by atoms with Crippen molar-refractivity contribution in [3.63, 3.8) is 0 Å². The van der Waals surface area contributed by atoms with E-state index in [0.717, 1.165) is 37.8 Å². The van der Waals surface area contributed by atoms with Crippen LogP contribution in [0.2, 0.25) is 0 Å². The van der Waals surface area contributed by atoms with E-state index in [-0.39, 0.29) is 23.4 Å². The fourth-order valence-electron chi connectivity index (χ4n) is 5.01. The van der Waals surface area contributed by atoms with Gasteiger partial charge in [0.25, 0.3) is 0 Å².